The zero-order valence-electron chi connectivity index (χ0n) is 9.00. The summed E-state index contributed by atoms with van der Waals surface area (Å²) >= 11 is 0. The van der Waals surface area contributed by atoms with Gasteiger partial charge in [-0.3, -0.25) is 4.79 Å². The molecule has 3 heteroatoms. The Kier molecular flexibility index (Phi) is 2.25. The summed E-state index contributed by atoms with van der Waals surface area (Å²) in [6.07, 6.45) is 6.29. The van der Waals surface area contributed by atoms with Gasteiger partial charge >= 0.3 is 5.97 Å². The van der Waals surface area contributed by atoms with Crippen molar-refractivity contribution in [3.8, 4) is 0 Å². The normalized spacial score (nSPS) is 29.3. The molecule has 3 nitrogen and oxygen atoms in total. The molecule has 15 heavy (non-hydrogen) atoms. The number of esters is 1. The SMILES string of the molecule is COC(=O)C1=C2CCC[C@@]2(C)C=CC1=O. The van der Waals surface area contributed by atoms with Crippen molar-refractivity contribution in [2.45, 2.75) is 26.2 Å². The minimum atomic E-state index is -0.493. The summed E-state index contributed by atoms with van der Waals surface area (Å²) in [6.45, 7) is 2.07. The molecule has 0 spiro atoms. The van der Waals surface area contributed by atoms with Gasteiger partial charge in [-0.2, -0.15) is 0 Å². The predicted octanol–water partition coefficient (Wildman–Crippen LogP) is 1.79. The first kappa shape index (κ1) is 10.1. The van der Waals surface area contributed by atoms with Crippen LogP contribution in [0.25, 0.3) is 0 Å². The fourth-order valence-corrected chi connectivity index (χ4v) is 2.48. The van der Waals surface area contributed by atoms with Gasteiger partial charge in [0.2, 0.25) is 0 Å². The van der Waals surface area contributed by atoms with Gasteiger partial charge in [-0.15, -0.1) is 0 Å². The Morgan fingerprint density at radius 2 is 2.27 bits per heavy atom. The zero-order chi connectivity index (χ0) is 11.1. The lowest BCUT2D eigenvalue weighted by atomic mass is 9.77. The van der Waals surface area contributed by atoms with Crippen molar-refractivity contribution < 1.29 is 14.3 Å². The van der Waals surface area contributed by atoms with Gasteiger partial charge in [-0.1, -0.05) is 13.0 Å². The first-order chi connectivity index (χ1) is 7.08. The van der Waals surface area contributed by atoms with E-state index < -0.39 is 5.97 Å². The average molecular weight is 206 g/mol. The number of ketones is 1. The summed E-state index contributed by atoms with van der Waals surface area (Å²) in [5, 5.41) is 0. The Balaban J connectivity index is 2.52. The molecule has 0 bridgehead atoms. The van der Waals surface area contributed by atoms with Crippen LogP contribution in [-0.4, -0.2) is 18.9 Å². The molecular weight excluding hydrogens is 192 g/mol. The number of allylic oxidation sites excluding steroid dienone is 3. The summed E-state index contributed by atoms with van der Waals surface area (Å²) in [5.41, 5.74) is 1.12. The summed E-state index contributed by atoms with van der Waals surface area (Å²) < 4.78 is 4.66. The van der Waals surface area contributed by atoms with E-state index in [0.29, 0.717) is 0 Å². The molecule has 0 aromatic rings. The van der Waals surface area contributed by atoms with Gasteiger partial charge in [-0.05, 0) is 30.9 Å². The number of methoxy groups -OCH3 is 1. The zero-order valence-corrected chi connectivity index (χ0v) is 9.00. The molecule has 2 rings (SSSR count). The van der Waals surface area contributed by atoms with E-state index in [-0.39, 0.29) is 16.8 Å². The second-order valence-electron chi connectivity index (χ2n) is 4.31. The van der Waals surface area contributed by atoms with Crippen molar-refractivity contribution in [2.24, 2.45) is 5.41 Å². The largest absolute Gasteiger partial charge is 0.465 e. The Bertz CT molecular complexity index is 390. The second-order valence-corrected chi connectivity index (χ2v) is 4.31. The van der Waals surface area contributed by atoms with Crippen LogP contribution in [0.5, 0.6) is 0 Å². The molecule has 80 valence electrons. The quantitative estimate of drug-likeness (QED) is 0.485. The molecule has 1 fully saturated rings. The first-order valence-electron chi connectivity index (χ1n) is 5.14. The Hall–Kier alpha value is -1.38. The molecule has 1 saturated carbocycles. The lowest BCUT2D eigenvalue weighted by molar-refractivity contribution is -0.137. The number of carbonyl (C=O) groups is 2. The topological polar surface area (TPSA) is 43.4 Å². The Morgan fingerprint density at radius 1 is 1.53 bits per heavy atom. The molecule has 1 atom stereocenters. The van der Waals surface area contributed by atoms with Crippen LogP contribution < -0.4 is 0 Å². The molecule has 0 aromatic carbocycles. The van der Waals surface area contributed by atoms with Crippen LogP contribution in [0.4, 0.5) is 0 Å². The highest BCUT2D eigenvalue weighted by Crippen LogP contribution is 2.47. The fourth-order valence-electron chi connectivity index (χ4n) is 2.48. The lowest BCUT2D eigenvalue weighted by Crippen LogP contribution is -2.25. The van der Waals surface area contributed by atoms with Crippen molar-refractivity contribution in [1.29, 1.82) is 0 Å². The van der Waals surface area contributed by atoms with Gasteiger partial charge in [0, 0.05) is 5.41 Å². The number of rotatable bonds is 1. The van der Waals surface area contributed by atoms with Crippen LogP contribution in [0.1, 0.15) is 26.2 Å². The average Bonchev–Trinajstić information content (AvgIpc) is 2.59. The van der Waals surface area contributed by atoms with Crippen LogP contribution in [0.15, 0.2) is 23.3 Å². The van der Waals surface area contributed by atoms with E-state index in [1.54, 1.807) is 0 Å². The van der Waals surface area contributed by atoms with Gasteiger partial charge in [-0.25, -0.2) is 4.79 Å². The second kappa shape index (κ2) is 3.33. The molecule has 0 amide bonds. The van der Waals surface area contributed by atoms with E-state index >= 15 is 0 Å². The van der Waals surface area contributed by atoms with E-state index in [0.717, 1.165) is 24.8 Å². The summed E-state index contributed by atoms with van der Waals surface area (Å²) in [6, 6.07) is 0. The first-order valence-corrected chi connectivity index (χ1v) is 5.14. The highest BCUT2D eigenvalue weighted by atomic mass is 16.5. The minimum absolute atomic E-state index is 0.0998. The third-order valence-electron chi connectivity index (χ3n) is 3.35. The summed E-state index contributed by atoms with van der Waals surface area (Å²) in [4.78, 5) is 23.2. The molecule has 0 N–H and O–H groups in total. The number of fused-ring (bicyclic) bond motifs is 1. The highest BCUT2D eigenvalue weighted by molar-refractivity contribution is 6.23. The van der Waals surface area contributed by atoms with E-state index in [1.807, 2.05) is 6.08 Å². The lowest BCUT2D eigenvalue weighted by Gasteiger charge is -2.26. The summed E-state index contributed by atoms with van der Waals surface area (Å²) in [5.74, 6) is -0.705. The van der Waals surface area contributed by atoms with E-state index in [4.69, 9.17) is 0 Å². The summed E-state index contributed by atoms with van der Waals surface area (Å²) in [7, 11) is 1.31. The molecular formula is C12H14O3. The monoisotopic (exact) mass is 206 g/mol. The number of ether oxygens (including phenoxy) is 1. The van der Waals surface area contributed by atoms with Crippen molar-refractivity contribution in [2.75, 3.05) is 7.11 Å². The molecule has 2 aliphatic rings. The smallest absolute Gasteiger partial charge is 0.341 e. The molecule has 0 unspecified atom stereocenters. The van der Waals surface area contributed by atoms with Gasteiger partial charge in [0.1, 0.15) is 5.57 Å². The van der Waals surface area contributed by atoms with Crippen molar-refractivity contribution in [3.63, 3.8) is 0 Å². The van der Waals surface area contributed by atoms with Crippen molar-refractivity contribution in [3.05, 3.63) is 23.3 Å². The molecule has 0 heterocycles. The van der Waals surface area contributed by atoms with E-state index in [2.05, 4.69) is 11.7 Å². The van der Waals surface area contributed by atoms with Gasteiger partial charge < -0.3 is 4.74 Å². The maximum absolute atomic E-state index is 11.6. The van der Waals surface area contributed by atoms with Crippen LogP contribution in [-0.2, 0) is 14.3 Å². The van der Waals surface area contributed by atoms with Crippen molar-refractivity contribution >= 4 is 11.8 Å². The predicted molar refractivity (Wildman–Crippen MR) is 55.1 cm³/mol. The van der Waals surface area contributed by atoms with Crippen LogP contribution in [0.3, 0.4) is 0 Å². The van der Waals surface area contributed by atoms with Gasteiger partial charge in [0.15, 0.2) is 5.78 Å². The van der Waals surface area contributed by atoms with Gasteiger partial charge in [0.05, 0.1) is 7.11 Å². The third-order valence-corrected chi connectivity index (χ3v) is 3.35. The van der Waals surface area contributed by atoms with Gasteiger partial charge in [0.25, 0.3) is 0 Å². The number of hydrogen-bond acceptors (Lipinski definition) is 3. The van der Waals surface area contributed by atoms with E-state index in [9.17, 15) is 9.59 Å². The molecule has 0 aromatic heterocycles. The van der Waals surface area contributed by atoms with Crippen LogP contribution in [0, 0.1) is 5.41 Å². The maximum Gasteiger partial charge on any atom is 0.341 e. The van der Waals surface area contributed by atoms with Crippen molar-refractivity contribution in [1.82, 2.24) is 0 Å². The highest BCUT2D eigenvalue weighted by Gasteiger charge is 2.40. The van der Waals surface area contributed by atoms with Crippen LogP contribution in [0.2, 0.25) is 0 Å². The molecule has 0 aliphatic heterocycles. The molecule has 0 saturated heterocycles. The number of carbonyl (C=O) groups excluding carboxylic acids is 2. The third kappa shape index (κ3) is 1.42. The molecule has 2 aliphatic carbocycles. The Labute approximate surface area is 88.8 Å². The Morgan fingerprint density at radius 3 is 2.93 bits per heavy atom. The minimum Gasteiger partial charge on any atom is -0.465 e. The number of hydrogen-bond donors (Lipinski definition) is 0. The maximum atomic E-state index is 11.6. The standard InChI is InChI=1S/C12H14O3/c1-12-6-3-4-8(12)10(11(14)15-2)9(13)5-7-12/h5,7H,3-4,6H2,1-2H3/t12-/m0/s1. The fraction of sp³-hybridized carbons (Fsp3) is 0.500. The molecule has 0 radical (unpaired) electrons. The van der Waals surface area contributed by atoms with E-state index in [1.165, 1.54) is 13.2 Å². The van der Waals surface area contributed by atoms with Crippen LogP contribution >= 0.6 is 0 Å².